The zero-order valence-corrected chi connectivity index (χ0v) is 10.3. The van der Waals surface area contributed by atoms with Crippen molar-refractivity contribution in [2.24, 2.45) is 0 Å². The number of nitrogens with zero attached hydrogens (tertiary/aromatic N) is 2. The standard InChI is InChI=1S/C11H12ClN3S/c12-9-6-10(13)15-11(14-9)16-7-8-4-2-1-3-5-8/h2,6H,1,3,5,7H2,(H2,13,14,15). The Morgan fingerprint density at radius 3 is 3.06 bits per heavy atom. The first-order valence-corrected chi connectivity index (χ1v) is 6.46. The van der Waals surface area contributed by atoms with Crippen molar-refractivity contribution in [2.75, 3.05) is 11.5 Å². The van der Waals surface area contributed by atoms with E-state index in [2.05, 4.69) is 21.8 Å². The van der Waals surface area contributed by atoms with E-state index in [0.717, 1.165) is 18.6 Å². The van der Waals surface area contributed by atoms with Crippen LogP contribution in [0, 0.1) is 0 Å². The van der Waals surface area contributed by atoms with Crippen molar-refractivity contribution in [3.8, 4) is 0 Å². The highest BCUT2D eigenvalue weighted by molar-refractivity contribution is 7.99. The zero-order valence-electron chi connectivity index (χ0n) is 8.74. The molecule has 1 aliphatic carbocycles. The summed E-state index contributed by atoms with van der Waals surface area (Å²) in [7, 11) is 0. The van der Waals surface area contributed by atoms with E-state index in [-0.39, 0.29) is 0 Å². The fourth-order valence-corrected chi connectivity index (χ4v) is 2.56. The minimum atomic E-state index is 0.392. The molecule has 0 atom stereocenters. The van der Waals surface area contributed by atoms with Gasteiger partial charge in [0, 0.05) is 11.8 Å². The maximum atomic E-state index is 5.80. The number of nitrogen functional groups attached to an aromatic ring is 1. The molecule has 1 aromatic rings. The quantitative estimate of drug-likeness (QED) is 0.389. The highest BCUT2D eigenvalue weighted by Crippen LogP contribution is 2.23. The molecule has 0 radical (unpaired) electrons. The number of rotatable bonds is 3. The van der Waals surface area contributed by atoms with E-state index < -0.39 is 0 Å². The summed E-state index contributed by atoms with van der Waals surface area (Å²) in [6.07, 6.45) is 5.54. The van der Waals surface area contributed by atoms with Crippen LogP contribution in [0.3, 0.4) is 0 Å². The van der Waals surface area contributed by atoms with Crippen LogP contribution in [0.1, 0.15) is 19.3 Å². The number of thioether (sulfide) groups is 1. The Morgan fingerprint density at radius 1 is 1.50 bits per heavy atom. The lowest BCUT2D eigenvalue weighted by Gasteiger charge is -2.06. The maximum absolute atomic E-state index is 5.80. The lowest BCUT2D eigenvalue weighted by molar-refractivity contribution is 0.817. The first-order valence-electron chi connectivity index (χ1n) is 5.10. The van der Waals surface area contributed by atoms with Gasteiger partial charge in [0.25, 0.3) is 0 Å². The van der Waals surface area contributed by atoms with Crippen molar-refractivity contribution >= 4 is 29.2 Å². The summed E-state index contributed by atoms with van der Waals surface area (Å²) in [5.74, 6) is 1.27. The second kappa shape index (κ2) is 5.39. The van der Waals surface area contributed by atoms with Crippen molar-refractivity contribution in [2.45, 2.75) is 24.4 Å². The topological polar surface area (TPSA) is 51.8 Å². The fourth-order valence-electron chi connectivity index (χ4n) is 1.45. The van der Waals surface area contributed by atoms with E-state index in [0.29, 0.717) is 16.1 Å². The highest BCUT2D eigenvalue weighted by Gasteiger charge is 2.05. The summed E-state index contributed by atoms with van der Waals surface area (Å²) in [4.78, 5) is 8.22. The van der Waals surface area contributed by atoms with E-state index in [4.69, 9.17) is 17.3 Å². The Hall–Kier alpha value is -0.960. The van der Waals surface area contributed by atoms with E-state index in [9.17, 15) is 0 Å². The molecule has 2 rings (SSSR count). The Kier molecular flexibility index (Phi) is 3.88. The van der Waals surface area contributed by atoms with Crippen LogP contribution in [0.5, 0.6) is 0 Å². The molecule has 0 spiro atoms. The minimum absolute atomic E-state index is 0.392. The van der Waals surface area contributed by atoms with Crippen LogP contribution in [0.2, 0.25) is 5.15 Å². The summed E-state index contributed by atoms with van der Waals surface area (Å²) in [6, 6.07) is 1.55. The summed E-state index contributed by atoms with van der Waals surface area (Å²) in [5.41, 5.74) is 10.2. The van der Waals surface area contributed by atoms with Gasteiger partial charge in [0.1, 0.15) is 11.0 Å². The minimum Gasteiger partial charge on any atom is -0.384 e. The van der Waals surface area contributed by atoms with E-state index in [1.54, 1.807) is 17.8 Å². The van der Waals surface area contributed by atoms with Crippen LogP contribution >= 0.6 is 23.4 Å². The number of hydrogen-bond acceptors (Lipinski definition) is 4. The Labute approximate surface area is 104 Å². The predicted molar refractivity (Wildman–Crippen MR) is 67.6 cm³/mol. The first kappa shape index (κ1) is 11.5. The van der Waals surface area contributed by atoms with Crippen molar-refractivity contribution in [1.82, 2.24) is 9.97 Å². The molecule has 0 aromatic carbocycles. The lowest BCUT2D eigenvalue weighted by atomic mass is 10.1. The van der Waals surface area contributed by atoms with E-state index in [1.807, 2.05) is 0 Å². The number of aromatic nitrogens is 2. The largest absolute Gasteiger partial charge is 0.384 e. The van der Waals surface area contributed by atoms with Crippen molar-refractivity contribution in [3.05, 3.63) is 28.6 Å². The van der Waals surface area contributed by atoms with Gasteiger partial charge in [-0.3, -0.25) is 0 Å². The van der Waals surface area contributed by atoms with Gasteiger partial charge < -0.3 is 5.73 Å². The second-order valence-corrected chi connectivity index (χ2v) is 4.86. The third-order valence-corrected chi connectivity index (χ3v) is 3.33. The monoisotopic (exact) mass is 253 g/mol. The summed E-state index contributed by atoms with van der Waals surface area (Å²) < 4.78 is 0. The van der Waals surface area contributed by atoms with Gasteiger partial charge in [-0.05, 0) is 30.9 Å². The van der Waals surface area contributed by atoms with Crippen molar-refractivity contribution in [3.63, 3.8) is 0 Å². The van der Waals surface area contributed by atoms with E-state index in [1.165, 1.54) is 12.0 Å². The summed E-state index contributed by atoms with van der Waals surface area (Å²) in [6.45, 7) is 0. The first-order chi connectivity index (χ1) is 7.74. The van der Waals surface area contributed by atoms with Gasteiger partial charge in [0.05, 0.1) is 0 Å². The Balaban J connectivity index is 2.01. The molecule has 0 unspecified atom stereocenters. The van der Waals surface area contributed by atoms with Crippen molar-refractivity contribution in [1.29, 1.82) is 0 Å². The van der Waals surface area contributed by atoms with Gasteiger partial charge in [0.15, 0.2) is 5.16 Å². The SMILES string of the molecule is Nc1cc(Cl)nc(SCC2=C=CCCC2)n1. The molecule has 1 heterocycles. The zero-order chi connectivity index (χ0) is 11.4. The van der Waals surface area contributed by atoms with Crippen LogP contribution in [0.15, 0.2) is 28.6 Å². The average molecular weight is 254 g/mol. The molecule has 0 aliphatic heterocycles. The second-order valence-electron chi connectivity index (χ2n) is 3.53. The van der Waals surface area contributed by atoms with Gasteiger partial charge in [0.2, 0.25) is 0 Å². The third-order valence-electron chi connectivity index (χ3n) is 2.20. The van der Waals surface area contributed by atoms with Crippen LogP contribution in [-0.4, -0.2) is 15.7 Å². The molecular weight excluding hydrogens is 242 g/mol. The normalized spacial score (nSPS) is 14.9. The maximum Gasteiger partial charge on any atom is 0.191 e. The molecule has 0 saturated heterocycles. The van der Waals surface area contributed by atoms with Gasteiger partial charge in [-0.25, -0.2) is 9.97 Å². The molecule has 0 bridgehead atoms. The molecule has 0 amide bonds. The molecular formula is C11H12ClN3S. The molecule has 1 aromatic heterocycles. The smallest absolute Gasteiger partial charge is 0.191 e. The average Bonchev–Trinajstić information content (AvgIpc) is 2.27. The van der Waals surface area contributed by atoms with Gasteiger partial charge in [-0.1, -0.05) is 23.4 Å². The lowest BCUT2D eigenvalue weighted by Crippen LogP contribution is -1.97. The number of halogens is 1. The van der Waals surface area contributed by atoms with Gasteiger partial charge in [-0.2, -0.15) is 0 Å². The molecule has 0 fully saturated rings. The number of nitrogens with two attached hydrogens (primary N) is 1. The Morgan fingerprint density at radius 2 is 2.38 bits per heavy atom. The predicted octanol–water partition coefficient (Wildman–Crippen LogP) is 3.07. The fraction of sp³-hybridized carbons (Fsp3) is 0.364. The number of hydrogen-bond donors (Lipinski definition) is 1. The van der Waals surface area contributed by atoms with Gasteiger partial charge >= 0.3 is 0 Å². The van der Waals surface area contributed by atoms with Crippen LogP contribution in [0.4, 0.5) is 5.82 Å². The van der Waals surface area contributed by atoms with Crippen LogP contribution in [0.25, 0.3) is 0 Å². The molecule has 1 aliphatic rings. The van der Waals surface area contributed by atoms with E-state index >= 15 is 0 Å². The molecule has 3 nitrogen and oxygen atoms in total. The molecule has 0 saturated carbocycles. The number of anilines is 1. The highest BCUT2D eigenvalue weighted by atomic mass is 35.5. The summed E-state index contributed by atoms with van der Waals surface area (Å²) in [5, 5.41) is 1.02. The molecule has 5 heteroatoms. The Bertz CT molecular complexity index is 432. The van der Waals surface area contributed by atoms with Crippen LogP contribution < -0.4 is 5.73 Å². The van der Waals surface area contributed by atoms with Crippen LogP contribution in [-0.2, 0) is 0 Å². The molecule has 84 valence electrons. The summed E-state index contributed by atoms with van der Waals surface area (Å²) >= 11 is 7.35. The molecule has 16 heavy (non-hydrogen) atoms. The third kappa shape index (κ3) is 3.27. The van der Waals surface area contributed by atoms with Crippen molar-refractivity contribution < 1.29 is 0 Å². The molecule has 2 N–H and O–H groups in total. The van der Waals surface area contributed by atoms with Gasteiger partial charge in [-0.15, -0.1) is 5.73 Å².